The normalized spacial score (nSPS) is 22.0. The van der Waals surface area contributed by atoms with Crippen LogP contribution >= 0.6 is 22.6 Å². The molecule has 20 heavy (non-hydrogen) atoms. The Morgan fingerprint density at radius 1 is 1.30 bits per heavy atom. The second-order valence-electron chi connectivity index (χ2n) is 4.82. The van der Waals surface area contributed by atoms with Gasteiger partial charge in [-0.25, -0.2) is 4.39 Å². The van der Waals surface area contributed by atoms with Gasteiger partial charge in [0.15, 0.2) is 0 Å². The molecule has 1 N–H and O–H groups in total. The first kappa shape index (κ1) is 13.5. The molecule has 2 aliphatic heterocycles. The lowest BCUT2D eigenvalue weighted by molar-refractivity contribution is -0.136. The molecule has 1 unspecified atom stereocenters. The molecule has 1 fully saturated rings. The number of hydrogen-bond donors (Lipinski definition) is 1. The summed E-state index contributed by atoms with van der Waals surface area (Å²) in [5.74, 6) is -1.46. The van der Waals surface area contributed by atoms with Gasteiger partial charge in [0.1, 0.15) is 11.9 Å². The largest absolute Gasteiger partial charge is 0.322 e. The summed E-state index contributed by atoms with van der Waals surface area (Å²) < 4.78 is 13.9. The topological polar surface area (TPSA) is 66.5 Å². The highest BCUT2D eigenvalue weighted by molar-refractivity contribution is 14.1. The van der Waals surface area contributed by atoms with Gasteiger partial charge in [-0.3, -0.25) is 19.7 Å². The first-order valence-electron chi connectivity index (χ1n) is 6.10. The summed E-state index contributed by atoms with van der Waals surface area (Å²) in [6.07, 6.45) is 0.519. The van der Waals surface area contributed by atoms with Crippen LogP contribution in [0.1, 0.15) is 28.8 Å². The SMILES string of the molecule is O=C1CCC(N2Cc3cc(F)cc(I)c3C2=O)C(=O)N1. The van der Waals surface area contributed by atoms with Gasteiger partial charge in [0.2, 0.25) is 11.8 Å². The molecular weight excluding hydrogens is 378 g/mol. The van der Waals surface area contributed by atoms with Crippen LogP contribution < -0.4 is 5.32 Å². The van der Waals surface area contributed by atoms with E-state index in [1.165, 1.54) is 17.0 Å². The van der Waals surface area contributed by atoms with Gasteiger partial charge in [-0.15, -0.1) is 0 Å². The Bertz CT molecular complexity index is 647. The lowest BCUT2D eigenvalue weighted by Gasteiger charge is -2.29. The Hall–Kier alpha value is -1.51. The molecule has 0 aliphatic carbocycles. The Morgan fingerprint density at radius 2 is 2.05 bits per heavy atom. The van der Waals surface area contributed by atoms with Gasteiger partial charge in [0.05, 0.1) is 5.56 Å². The molecule has 1 saturated heterocycles. The molecule has 1 aromatic carbocycles. The summed E-state index contributed by atoms with van der Waals surface area (Å²) in [7, 11) is 0. The molecule has 3 rings (SSSR count). The molecule has 0 bridgehead atoms. The molecular formula is C13H10FIN2O3. The molecule has 2 aliphatic rings. The van der Waals surface area contributed by atoms with Crippen molar-refractivity contribution < 1.29 is 18.8 Å². The predicted molar refractivity (Wildman–Crippen MR) is 75.2 cm³/mol. The minimum Gasteiger partial charge on any atom is -0.322 e. The number of amides is 3. The summed E-state index contributed by atoms with van der Waals surface area (Å²) in [6, 6.07) is 1.96. The average molecular weight is 388 g/mol. The lowest BCUT2D eigenvalue weighted by atomic mass is 10.0. The number of imide groups is 1. The van der Waals surface area contributed by atoms with Crippen molar-refractivity contribution in [3.05, 3.63) is 32.6 Å². The Kier molecular flexibility index (Phi) is 3.23. The first-order valence-corrected chi connectivity index (χ1v) is 7.18. The Balaban J connectivity index is 1.92. The zero-order valence-corrected chi connectivity index (χ0v) is 12.4. The summed E-state index contributed by atoms with van der Waals surface area (Å²) in [6.45, 7) is 0.203. The fourth-order valence-corrected chi connectivity index (χ4v) is 3.50. The van der Waals surface area contributed by atoms with Crippen LogP contribution in [-0.4, -0.2) is 28.7 Å². The van der Waals surface area contributed by atoms with Crippen molar-refractivity contribution in [2.75, 3.05) is 0 Å². The second-order valence-corrected chi connectivity index (χ2v) is 5.98. The highest BCUT2D eigenvalue weighted by Gasteiger charge is 2.40. The van der Waals surface area contributed by atoms with E-state index in [0.717, 1.165) is 0 Å². The summed E-state index contributed by atoms with van der Waals surface area (Å²) >= 11 is 1.91. The number of benzene rings is 1. The molecule has 0 spiro atoms. The summed E-state index contributed by atoms with van der Waals surface area (Å²) in [4.78, 5) is 36.8. The van der Waals surface area contributed by atoms with Crippen LogP contribution in [0, 0.1) is 9.39 Å². The van der Waals surface area contributed by atoms with Gasteiger partial charge >= 0.3 is 0 Å². The van der Waals surface area contributed by atoms with E-state index in [-0.39, 0.29) is 24.8 Å². The van der Waals surface area contributed by atoms with Crippen LogP contribution in [0.4, 0.5) is 4.39 Å². The van der Waals surface area contributed by atoms with Crippen molar-refractivity contribution in [2.24, 2.45) is 0 Å². The maximum atomic E-state index is 13.4. The van der Waals surface area contributed by atoms with Gasteiger partial charge < -0.3 is 4.90 Å². The lowest BCUT2D eigenvalue weighted by Crippen LogP contribution is -2.52. The van der Waals surface area contributed by atoms with Crippen LogP contribution in [0.15, 0.2) is 12.1 Å². The van der Waals surface area contributed by atoms with E-state index in [1.54, 1.807) is 0 Å². The number of halogens is 2. The van der Waals surface area contributed by atoms with Crippen LogP contribution in [0.25, 0.3) is 0 Å². The third-order valence-corrected chi connectivity index (χ3v) is 4.39. The number of nitrogens with one attached hydrogen (secondary N) is 1. The fraction of sp³-hybridized carbons (Fsp3) is 0.308. The standard InChI is InChI=1S/C13H10FIN2O3/c14-7-3-6-5-17(13(20)11(6)8(15)4-7)9-1-2-10(18)16-12(9)19/h3-4,9H,1-2,5H2,(H,16,18,19). The Morgan fingerprint density at radius 3 is 2.75 bits per heavy atom. The van der Waals surface area contributed by atoms with E-state index >= 15 is 0 Å². The maximum Gasteiger partial charge on any atom is 0.256 e. The number of fused-ring (bicyclic) bond motifs is 1. The van der Waals surface area contributed by atoms with Gasteiger partial charge in [0.25, 0.3) is 5.91 Å². The minimum absolute atomic E-state index is 0.203. The number of carbonyl (C=O) groups excluding carboxylic acids is 3. The van der Waals surface area contributed by atoms with Gasteiger partial charge in [-0.05, 0) is 46.7 Å². The van der Waals surface area contributed by atoms with Crippen LogP contribution in [0.2, 0.25) is 0 Å². The highest BCUT2D eigenvalue weighted by atomic mass is 127. The van der Waals surface area contributed by atoms with Crippen molar-refractivity contribution in [3.63, 3.8) is 0 Å². The van der Waals surface area contributed by atoms with Crippen molar-refractivity contribution in [2.45, 2.75) is 25.4 Å². The molecule has 0 radical (unpaired) electrons. The number of piperidine rings is 1. The quantitative estimate of drug-likeness (QED) is 0.581. The maximum absolute atomic E-state index is 13.4. The number of hydrogen-bond acceptors (Lipinski definition) is 3. The number of carbonyl (C=O) groups is 3. The molecule has 104 valence electrons. The summed E-state index contributed by atoms with van der Waals surface area (Å²) in [5, 5.41) is 2.23. The molecule has 3 amide bonds. The van der Waals surface area contributed by atoms with Crippen LogP contribution in [-0.2, 0) is 16.1 Å². The highest BCUT2D eigenvalue weighted by Crippen LogP contribution is 2.31. The van der Waals surface area contributed by atoms with Gasteiger partial charge in [0, 0.05) is 16.5 Å². The Labute approximate surface area is 127 Å². The third-order valence-electron chi connectivity index (χ3n) is 3.54. The second kappa shape index (κ2) is 4.80. The smallest absolute Gasteiger partial charge is 0.256 e. The monoisotopic (exact) mass is 388 g/mol. The van der Waals surface area contributed by atoms with Gasteiger partial charge in [-0.2, -0.15) is 0 Å². The zero-order chi connectivity index (χ0) is 14.4. The van der Waals surface area contributed by atoms with Crippen molar-refractivity contribution in [3.8, 4) is 0 Å². The fourth-order valence-electron chi connectivity index (χ4n) is 2.62. The predicted octanol–water partition coefficient (Wildman–Crippen LogP) is 1.19. The van der Waals surface area contributed by atoms with E-state index in [2.05, 4.69) is 5.32 Å². The average Bonchev–Trinajstić information content (AvgIpc) is 2.66. The third kappa shape index (κ3) is 2.09. The van der Waals surface area contributed by atoms with Crippen LogP contribution in [0.3, 0.4) is 0 Å². The van der Waals surface area contributed by atoms with E-state index in [9.17, 15) is 18.8 Å². The van der Waals surface area contributed by atoms with E-state index in [4.69, 9.17) is 0 Å². The molecule has 5 nitrogen and oxygen atoms in total. The van der Waals surface area contributed by atoms with Gasteiger partial charge in [-0.1, -0.05) is 0 Å². The molecule has 0 aromatic heterocycles. The molecule has 1 atom stereocenters. The van der Waals surface area contributed by atoms with Crippen molar-refractivity contribution >= 4 is 40.3 Å². The van der Waals surface area contributed by atoms with Crippen LogP contribution in [0.5, 0.6) is 0 Å². The van der Waals surface area contributed by atoms with Crippen molar-refractivity contribution in [1.29, 1.82) is 0 Å². The molecule has 0 saturated carbocycles. The van der Waals surface area contributed by atoms with E-state index < -0.39 is 17.8 Å². The van der Waals surface area contributed by atoms with E-state index in [0.29, 0.717) is 21.1 Å². The molecule has 2 heterocycles. The zero-order valence-electron chi connectivity index (χ0n) is 10.3. The molecule has 7 heteroatoms. The molecule has 1 aromatic rings. The minimum atomic E-state index is -0.661. The number of rotatable bonds is 1. The van der Waals surface area contributed by atoms with E-state index in [1.807, 2.05) is 22.6 Å². The first-order chi connectivity index (χ1) is 9.47. The number of nitrogens with zero attached hydrogens (tertiary/aromatic N) is 1. The summed E-state index contributed by atoms with van der Waals surface area (Å²) in [5.41, 5.74) is 1.04. The van der Waals surface area contributed by atoms with Crippen molar-refractivity contribution in [1.82, 2.24) is 10.2 Å².